The van der Waals surface area contributed by atoms with Crippen LogP contribution in [0, 0.1) is 5.82 Å². The Bertz CT molecular complexity index is 690. The van der Waals surface area contributed by atoms with E-state index in [0.29, 0.717) is 17.2 Å². The van der Waals surface area contributed by atoms with Gasteiger partial charge in [-0.05, 0) is 24.3 Å². The van der Waals surface area contributed by atoms with Crippen LogP contribution in [-0.2, 0) is 0 Å². The second-order valence-electron chi connectivity index (χ2n) is 3.66. The van der Waals surface area contributed by atoms with Crippen molar-refractivity contribution in [3.8, 4) is 0 Å². The number of rotatable bonds is 2. The maximum atomic E-state index is 12.8. The van der Waals surface area contributed by atoms with Crippen molar-refractivity contribution in [1.82, 2.24) is 19.6 Å². The Morgan fingerprint density at radius 1 is 1.17 bits per heavy atom. The summed E-state index contributed by atoms with van der Waals surface area (Å²) in [7, 11) is 0. The Labute approximate surface area is 101 Å². The van der Waals surface area contributed by atoms with Gasteiger partial charge < -0.3 is 11.1 Å². The Morgan fingerprint density at radius 2 is 1.94 bits per heavy atom. The van der Waals surface area contributed by atoms with Crippen LogP contribution in [0.15, 0.2) is 36.7 Å². The van der Waals surface area contributed by atoms with Crippen molar-refractivity contribution in [1.29, 1.82) is 0 Å². The molecule has 0 fully saturated rings. The molecule has 3 rings (SSSR count). The molecule has 0 aliphatic heterocycles. The van der Waals surface area contributed by atoms with Crippen LogP contribution in [0.1, 0.15) is 0 Å². The highest BCUT2D eigenvalue weighted by molar-refractivity contribution is 5.70. The SMILES string of the molecule is Nc1nnc2c(Nc3ccc(F)cc3)nccn12. The Hall–Kier alpha value is -2.70. The number of hydrogen-bond acceptors (Lipinski definition) is 5. The predicted molar refractivity (Wildman–Crippen MR) is 64.9 cm³/mol. The van der Waals surface area contributed by atoms with Crippen molar-refractivity contribution in [2.24, 2.45) is 0 Å². The van der Waals surface area contributed by atoms with Gasteiger partial charge in [0.25, 0.3) is 0 Å². The molecule has 1 aromatic carbocycles. The van der Waals surface area contributed by atoms with Gasteiger partial charge in [-0.3, -0.25) is 4.40 Å². The Kier molecular flexibility index (Phi) is 2.30. The first-order valence-electron chi connectivity index (χ1n) is 5.22. The molecule has 0 atom stereocenters. The molecule has 3 aromatic rings. The van der Waals surface area contributed by atoms with Crippen molar-refractivity contribution in [2.75, 3.05) is 11.1 Å². The summed E-state index contributed by atoms with van der Waals surface area (Å²) in [6.45, 7) is 0. The van der Waals surface area contributed by atoms with E-state index in [2.05, 4.69) is 20.5 Å². The monoisotopic (exact) mass is 244 g/mol. The minimum Gasteiger partial charge on any atom is -0.368 e. The van der Waals surface area contributed by atoms with E-state index in [0.717, 1.165) is 0 Å². The van der Waals surface area contributed by atoms with Gasteiger partial charge in [0, 0.05) is 18.1 Å². The highest BCUT2D eigenvalue weighted by Crippen LogP contribution is 2.19. The van der Waals surface area contributed by atoms with Crippen molar-refractivity contribution in [3.05, 3.63) is 42.5 Å². The van der Waals surface area contributed by atoms with Gasteiger partial charge in [0.1, 0.15) is 5.82 Å². The van der Waals surface area contributed by atoms with E-state index in [1.807, 2.05) is 0 Å². The number of halogens is 1. The zero-order valence-electron chi connectivity index (χ0n) is 9.21. The number of nitrogens with zero attached hydrogens (tertiary/aromatic N) is 4. The summed E-state index contributed by atoms with van der Waals surface area (Å²) in [5.41, 5.74) is 6.86. The van der Waals surface area contributed by atoms with E-state index in [4.69, 9.17) is 5.73 Å². The smallest absolute Gasteiger partial charge is 0.226 e. The average Bonchev–Trinajstić information content (AvgIpc) is 2.76. The normalized spacial score (nSPS) is 10.7. The van der Waals surface area contributed by atoms with Crippen LogP contribution in [-0.4, -0.2) is 19.6 Å². The third-order valence-corrected chi connectivity index (χ3v) is 2.46. The molecule has 0 aliphatic carbocycles. The third-order valence-electron chi connectivity index (χ3n) is 2.46. The van der Waals surface area contributed by atoms with Crippen molar-refractivity contribution < 1.29 is 4.39 Å². The summed E-state index contributed by atoms with van der Waals surface area (Å²) in [6, 6.07) is 5.95. The second kappa shape index (κ2) is 3.95. The highest BCUT2D eigenvalue weighted by atomic mass is 19.1. The fourth-order valence-corrected chi connectivity index (χ4v) is 1.60. The van der Waals surface area contributed by atoms with Crippen molar-refractivity contribution in [3.63, 3.8) is 0 Å². The molecule has 0 saturated carbocycles. The number of hydrogen-bond donors (Lipinski definition) is 2. The van der Waals surface area contributed by atoms with E-state index >= 15 is 0 Å². The van der Waals surface area contributed by atoms with Gasteiger partial charge in [0.15, 0.2) is 5.82 Å². The largest absolute Gasteiger partial charge is 0.368 e. The quantitative estimate of drug-likeness (QED) is 0.715. The lowest BCUT2D eigenvalue weighted by atomic mass is 10.3. The zero-order chi connectivity index (χ0) is 12.5. The van der Waals surface area contributed by atoms with Crippen LogP contribution in [0.4, 0.5) is 21.8 Å². The van der Waals surface area contributed by atoms with Crippen LogP contribution in [0.3, 0.4) is 0 Å². The van der Waals surface area contributed by atoms with Gasteiger partial charge in [0.05, 0.1) is 0 Å². The standard InChI is InChI=1S/C11H9FN6/c12-7-1-3-8(4-2-7)15-9-10-16-17-11(13)18(10)6-5-14-9/h1-6H,(H2,13,17)(H,14,15). The van der Waals surface area contributed by atoms with Gasteiger partial charge >= 0.3 is 0 Å². The maximum Gasteiger partial charge on any atom is 0.226 e. The Morgan fingerprint density at radius 3 is 2.72 bits per heavy atom. The molecule has 0 unspecified atom stereocenters. The fraction of sp³-hybridized carbons (Fsp3) is 0. The van der Waals surface area contributed by atoms with Gasteiger partial charge in [0.2, 0.25) is 11.6 Å². The number of aromatic nitrogens is 4. The van der Waals surface area contributed by atoms with Gasteiger partial charge in [-0.25, -0.2) is 9.37 Å². The molecule has 6 nitrogen and oxygen atoms in total. The molecule has 90 valence electrons. The lowest BCUT2D eigenvalue weighted by molar-refractivity contribution is 0.628. The molecule has 0 bridgehead atoms. The first kappa shape index (κ1) is 10.5. The van der Waals surface area contributed by atoms with Gasteiger partial charge in [-0.1, -0.05) is 0 Å². The first-order chi connectivity index (χ1) is 8.74. The van der Waals surface area contributed by atoms with E-state index in [-0.39, 0.29) is 11.8 Å². The molecule has 7 heteroatoms. The molecule has 0 saturated heterocycles. The van der Waals surface area contributed by atoms with Crippen molar-refractivity contribution in [2.45, 2.75) is 0 Å². The number of fused-ring (bicyclic) bond motifs is 1. The van der Waals surface area contributed by atoms with Crippen molar-refractivity contribution >= 4 is 23.1 Å². The molecule has 0 radical (unpaired) electrons. The number of nitrogen functional groups attached to an aromatic ring is 1. The minimum atomic E-state index is -0.293. The molecule has 0 amide bonds. The summed E-state index contributed by atoms with van der Waals surface area (Å²) in [5.74, 6) is 0.501. The summed E-state index contributed by atoms with van der Waals surface area (Å²) >= 11 is 0. The van der Waals surface area contributed by atoms with Crippen LogP contribution < -0.4 is 11.1 Å². The molecule has 2 aromatic heterocycles. The average molecular weight is 244 g/mol. The Balaban J connectivity index is 2.02. The number of benzene rings is 1. The molecule has 3 N–H and O–H groups in total. The molecule has 0 spiro atoms. The van der Waals surface area contributed by atoms with Crippen LogP contribution >= 0.6 is 0 Å². The molecule has 2 heterocycles. The van der Waals surface area contributed by atoms with E-state index in [9.17, 15) is 4.39 Å². The third kappa shape index (κ3) is 1.71. The van der Waals surface area contributed by atoms with Crippen LogP contribution in [0.25, 0.3) is 5.65 Å². The lowest BCUT2D eigenvalue weighted by Crippen LogP contribution is -1.99. The predicted octanol–water partition coefficient (Wildman–Crippen LogP) is 1.59. The summed E-state index contributed by atoms with van der Waals surface area (Å²) in [6.07, 6.45) is 3.25. The summed E-state index contributed by atoms with van der Waals surface area (Å²) in [5, 5.41) is 10.7. The molecule has 0 aliphatic rings. The van der Waals surface area contributed by atoms with Crippen LogP contribution in [0.5, 0.6) is 0 Å². The molecule has 18 heavy (non-hydrogen) atoms. The second-order valence-corrected chi connectivity index (χ2v) is 3.66. The van der Waals surface area contributed by atoms with Gasteiger partial charge in [-0.2, -0.15) is 0 Å². The highest BCUT2D eigenvalue weighted by Gasteiger charge is 2.08. The summed E-state index contributed by atoms with van der Waals surface area (Å²) in [4.78, 5) is 4.15. The number of nitrogens with two attached hydrogens (primary N) is 1. The summed E-state index contributed by atoms with van der Waals surface area (Å²) < 4.78 is 14.4. The number of anilines is 3. The van der Waals surface area contributed by atoms with E-state index in [1.54, 1.807) is 28.9 Å². The van der Waals surface area contributed by atoms with E-state index in [1.165, 1.54) is 12.1 Å². The van der Waals surface area contributed by atoms with Crippen LogP contribution in [0.2, 0.25) is 0 Å². The fourth-order valence-electron chi connectivity index (χ4n) is 1.60. The molecular weight excluding hydrogens is 235 g/mol. The first-order valence-corrected chi connectivity index (χ1v) is 5.22. The maximum absolute atomic E-state index is 12.8. The molecular formula is C11H9FN6. The topological polar surface area (TPSA) is 81.1 Å². The van der Waals surface area contributed by atoms with E-state index < -0.39 is 0 Å². The zero-order valence-corrected chi connectivity index (χ0v) is 9.21. The number of nitrogens with one attached hydrogen (secondary N) is 1. The minimum absolute atomic E-state index is 0.287. The van der Waals surface area contributed by atoms with Gasteiger partial charge in [-0.15, -0.1) is 10.2 Å². The lowest BCUT2D eigenvalue weighted by Gasteiger charge is -2.05.